The van der Waals surface area contributed by atoms with Crippen LogP contribution < -0.4 is 0 Å². The number of aromatic amines is 1. The summed E-state index contributed by atoms with van der Waals surface area (Å²) in [6.45, 7) is 0. The lowest BCUT2D eigenvalue weighted by Crippen LogP contribution is -1.96. The maximum absolute atomic E-state index is 13.1. The van der Waals surface area contributed by atoms with Crippen molar-refractivity contribution in [1.29, 1.82) is 0 Å². The number of aromatic nitrogens is 3. The van der Waals surface area contributed by atoms with Gasteiger partial charge in [0.2, 0.25) is 0 Å². The summed E-state index contributed by atoms with van der Waals surface area (Å²) < 4.78 is 13.1. The molecule has 7 heteroatoms. The van der Waals surface area contributed by atoms with Gasteiger partial charge in [0.15, 0.2) is 5.65 Å². The Balaban J connectivity index is 2.12. The molecule has 0 saturated heterocycles. The normalized spacial score (nSPS) is 10.9. The monoisotopic (exact) mass is 291 g/mol. The van der Waals surface area contributed by atoms with Crippen molar-refractivity contribution in [1.82, 2.24) is 15.0 Å². The Morgan fingerprint density at radius 2 is 2.15 bits per heavy atom. The number of fused-ring (bicyclic) bond motifs is 1. The zero-order valence-corrected chi connectivity index (χ0v) is 10.6. The van der Waals surface area contributed by atoms with Crippen LogP contribution >= 0.6 is 11.6 Å². The van der Waals surface area contributed by atoms with Gasteiger partial charge in [-0.25, -0.2) is 19.2 Å². The number of imidazole rings is 1. The average Bonchev–Trinajstić information content (AvgIpc) is 2.84. The van der Waals surface area contributed by atoms with E-state index in [4.69, 9.17) is 16.7 Å². The summed E-state index contributed by atoms with van der Waals surface area (Å²) >= 11 is 5.72. The largest absolute Gasteiger partial charge is 0.478 e. The van der Waals surface area contributed by atoms with Gasteiger partial charge in [-0.1, -0.05) is 11.6 Å². The molecule has 0 aliphatic rings. The molecule has 3 aromatic rings. The Morgan fingerprint density at radius 1 is 1.35 bits per heavy atom. The summed E-state index contributed by atoms with van der Waals surface area (Å²) in [6.07, 6.45) is 1.23. The van der Waals surface area contributed by atoms with Gasteiger partial charge in [0.1, 0.15) is 11.6 Å². The third-order valence-corrected chi connectivity index (χ3v) is 3.07. The van der Waals surface area contributed by atoms with Crippen molar-refractivity contribution in [3.8, 4) is 11.4 Å². The summed E-state index contributed by atoms with van der Waals surface area (Å²) in [5.41, 5.74) is 1.52. The van der Waals surface area contributed by atoms with Crippen molar-refractivity contribution in [3.05, 3.63) is 46.9 Å². The first-order valence-electron chi connectivity index (χ1n) is 5.59. The zero-order chi connectivity index (χ0) is 14.3. The van der Waals surface area contributed by atoms with E-state index in [2.05, 4.69) is 15.0 Å². The maximum Gasteiger partial charge on any atom is 0.337 e. The lowest BCUT2D eigenvalue weighted by atomic mass is 10.2. The standard InChI is InChI=1S/C13H7ClFN3O2/c14-8-3-6(1-2-9(8)15)11-17-10-4-7(13(19)20)5-16-12(10)18-11/h1-5H,(H,19,20)(H,16,17,18). The van der Waals surface area contributed by atoms with Crippen LogP contribution in [0.5, 0.6) is 0 Å². The van der Waals surface area contributed by atoms with Crippen molar-refractivity contribution < 1.29 is 14.3 Å². The van der Waals surface area contributed by atoms with Crippen LogP contribution in [0.15, 0.2) is 30.5 Å². The highest BCUT2D eigenvalue weighted by atomic mass is 35.5. The highest BCUT2D eigenvalue weighted by molar-refractivity contribution is 6.31. The number of halogens is 2. The number of rotatable bonds is 2. The number of nitrogens with one attached hydrogen (secondary N) is 1. The Morgan fingerprint density at radius 3 is 2.85 bits per heavy atom. The molecule has 0 amide bonds. The fourth-order valence-corrected chi connectivity index (χ4v) is 1.98. The number of benzene rings is 1. The molecule has 0 unspecified atom stereocenters. The minimum Gasteiger partial charge on any atom is -0.478 e. The van der Waals surface area contributed by atoms with Crippen LogP contribution in [-0.4, -0.2) is 26.0 Å². The molecule has 0 atom stereocenters. The first kappa shape index (κ1) is 12.6. The number of aromatic carboxylic acids is 1. The molecule has 0 fully saturated rings. The summed E-state index contributed by atoms with van der Waals surface area (Å²) in [5, 5.41) is 8.89. The number of pyridine rings is 1. The van der Waals surface area contributed by atoms with Crippen LogP contribution in [0, 0.1) is 5.82 Å². The number of carboxylic acids is 1. The number of hydrogen-bond acceptors (Lipinski definition) is 3. The summed E-state index contributed by atoms with van der Waals surface area (Å²) in [5.74, 6) is -1.14. The van der Waals surface area contributed by atoms with E-state index in [1.54, 1.807) is 0 Å². The van der Waals surface area contributed by atoms with E-state index in [1.807, 2.05) is 0 Å². The van der Waals surface area contributed by atoms with Crippen molar-refractivity contribution >= 4 is 28.7 Å². The number of hydrogen-bond donors (Lipinski definition) is 2. The van der Waals surface area contributed by atoms with E-state index in [0.717, 1.165) is 0 Å². The Bertz CT molecular complexity index is 832. The van der Waals surface area contributed by atoms with Crippen LogP contribution in [0.3, 0.4) is 0 Å². The first-order chi connectivity index (χ1) is 9.54. The highest BCUT2D eigenvalue weighted by Gasteiger charge is 2.11. The minimum atomic E-state index is -1.07. The lowest BCUT2D eigenvalue weighted by molar-refractivity contribution is 0.0696. The lowest BCUT2D eigenvalue weighted by Gasteiger charge is -1.98. The van der Waals surface area contributed by atoms with Gasteiger partial charge in [0.05, 0.1) is 16.1 Å². The average molecular weight is 292 g/mol. The van der Waals surface area contributed by atoms with Gasteiger partial charge in [-0.2, -0.15) is 0 Å². The molecule has 2 aromatic heterocycles. The highest BCUT2D eigenvalue weighted by Crippen LogP contribution is 2.24. The molecule has 0 spiro atoms. The summed E-state index contributed by atoms with van der Waals surface area (Å²) in [6, 6.07) is 5.64. The maximum atomic E-state index is 13.1. The third-order valence-electron chi connectivity index (χ3n) is 2.78. The van der Waals surface area contributed by atoms with Crippen LogP contribution in [-0.2, 0) is 0 Å². The molecule has 0 bridgehead atoms. The smallest absolute Gasteiger partial charge is 0.337 e. The van der Waals surface area contributed by atoms with Crippen LogP contribution in [0.1, 0.15) is 10.4 Å². The molecular weight excluding hydrogens is 285 g/mol. The van der Waals surface area contributed by atoms with E-state index in [-0.39, 0.29) is 10.6 Å². The molecule has 0 aliphatic heterocycles. The van der Waals surface area contributed by atoms with Gasteiger partial charge in [0, 0.05) is 11.8 Å². The second-order valence-electron chi connectivity index (χ2n) is 4.11. The van der Waals surface area contributed by atoms with Crippen LogP contribution in [0.25, 0.3) is 22.6 Å². The molecule has 3 rings (SSSR count). The summed E-state index contributed by atoms with van der Waals surface area (Å²) in [4.78, 5) is 22.0. The zero-order valence-electron chi connectivity index (χ0n) is 9.89. The van der Waals surface area contributed by atoms with Crippen LogP contribution in [0.4, 0.5) is 4.39 Å². The second-order valence-corrected chi connectivity index (χ2v) is 4.52. The number of H-pyrrole nitrogens is 1. The molecular formula is C13H7ClFN3O2. The molecule has 1 aromatic carbocycles. The Hall–Kier alpha value is -2.47. The molecule has 20 heavy (non-hydrogen) atoms. The van der Waals surface area contributed by atoms with Crippen molar-refractivity contribution in [3.63, 3.8) is 0 Å². The second kappa shape index (κ2) is 4.57. The number of carboxylic acid groups (broad SMARTS) is 1. The van der Waals surface area contributed by atoms with Gasteiger partial charge < -0.3 is 10.1 Å². The SMILES string of the molecule is O=C(O)c1cnc2nc(-c3ccc(F)c(Cl)c3)[nH]c2c1. The van der Waals surface area contributed by atoms with Gasteiger partial charge in [-0.15, -0.1) is 0 Å². The van der Waals surface area contributed by atoms with E-state index < -0.39 is 11.8 Å². The molecule has 0 aliphatic carbocycles. The predicted octanol–water partition coefficient (Wildman–Crippen LogP) is 3.12. The first-order valence-corrected chi connectivity index (χ1v) is 5.97. The van der Waals surface area contributed by atoms with Gasteiger partial charge >= 0.3 is 5.97 Å². The van der Waals surface area contributed by atoms with E-state index in [0.29, 0.717) is 22.6 Å². The number of carbonyl (C=O) groups is 1. The molecule has 5 nitrogen and oxygen atoms in total. The molecule has 0 saturated carbocycles. The minimum absolute atomic E-state index is 0.0119. The Kier molecular flexibility index (Phi) is 2.87. The predicted molar refractivity (Wildman–Crippen MR) is 71.3 cm³/mol. The molecule has 100 valence electrons. The summed E-state index contributed by atoms with van der Waals surface area (Å²) in [7, 11) is 0. The van der Waals surface area contributed by atoms with Crippen molar-refractivity contribution in [2.24, 2.45) is 0 Å². The van der Waals surface area contributed by atoms with Crippen molar-refractivity contribution in [2.45, 2.75) is 0 Å². The molecule has 0 radical (unpaired) electrons. The van der Waals surface area contributed by atoms with E-state index >= 15 is 0 Å². The van der Waals surface area contributed by atoms with Gasteiger partial charge in [-0.05, 0) is 24.3 Å². The fourth-order valence-electron chi connectivity index (χ4n) is 1.80. The van der Waals surface area contributed by atoms with E-state index in [1.165, 1.54) is 30.5 Å². The van der Waals surface area contributed by atoms with Crippen LogP contribution in [0.2, 0.25) is 5.02 Å². The molecule has 2 heterocycles. The van der Waals surface area contributed by atoms with Crippen molar-refractivity contribution in [2.75, 3.05) is 0 Å². The van der Waals surface area contributed by atoms with Gasteiger partial charge in [-0.3, -0.25) is 0 Å². The topological polar surface area (TPSA) is 78.9 Å². The quantitative estimate of drug-likeness (QED) is 0.760. The Labute approximate surface area is 117 Å². The third kappa shape index (κ3) is 2.10. The molecule has 2 N–H and O–H groups in total. The number of nitrogens with zero attached hydrogens (tertiary/aromatic N) is 2. The van der Waals surface area contributed by atoms with Gasteiger partial charge in [0.25, 0.3) is 0 Å². The fraction of sp³-hybridized carbons (Fsp3) is 0. The van der Waals surface area contributed by atoms with E-state index in [9.17, 15) is 9.18 Å².